The molecule has 1 aliphatic rings. The lowest BCUT2D eigenvalue weighted by Gasteiger charge is -2.26. The van der Waals surface area contributed by atoms with Crippen LogP contribution in [0.1, 0.15) is 30.1 Å². The van der Waals surface area contributed by atoms with Crippen LogP contribution in [0.4, 0.5) is 0 Å². The topological polar surface area (TPSA) is 90.8 Å². The Morgan fingerprint density at radius 2 is 2.19 bits per heavy atom. The minimum Gasteiger partial charge on any atom is -0.506 e. The van der Waals surface area contributed by atoms with Gasteiger partial charge >= 0.3 is 0 Å². The summed E-state index contributed by atoms with van der Waals surface area (Å²) in [7, 11) is 1.41. The number of rotatable bonds is 4. The van der Waals surface area contributed by atoms with E-state index in [1.54, 1.807) is 0 Å². The molecule has 0 saturated carbocycles. The molecule has 1 saturated heterocycles. The van der Waals surface area contributed by atoms with Crippen molar-refractivity contribution in [3.63, 3.8) is 0 Å². The molecule has 0 spiro atoms. The van der Waals surface area contributed by atoms with Gasteiger partial charge < -0.3 is 10.0 Å². The van der Waals surface area contributed by atoms with Crippen molar-refractivity contribution in [1.82, 2.24) is 14.8 Å². The van der Waals surface area contributed by atoms with Crippen LogP contribution in [0.5, 0.6) is 5.75 Å². The Morgan fingerprint density at radius 1 is 1.48 bits per heavy atom. The van der Waals surface area contributed by atoms with Gasteiger partial charge in [-0.15, -0.1) is 0 Å². The Morgan fingerprint density at radius 3 is 2.71 bits per heavy atom. The van der Waals surface area contributed by atoms with Crippen molar-refractivity contribution < 1.29 is 19.5 Å². The Bertz CT molecular complexity index is 587. The third-order valence-electron chi connectivity index (χ3n) is 3.43. The van der Waals surface area contributed by atoms with E-state index in [4.69, 9.17) is 0 Å². The number of hydrogen-bond donors (Lipinski definition) is 1. The summed E-state index contributed by atoms with van der Waals surface area (Å²) in [6.07, 6.45) is 3.20. The molecule has 7 heteroatoms. The Labute approximate surface area is 122 Å². The molecule has 21 heavy (non-hydrogen) atoms. The third-order valence-corrected chi connectivity index (χ3v) is 3.43. The molecule has 1 unspecified atom stereocenters. The van der Waals surface area contributed by atoms with E-state index < -0.39 is 11.9 Å². The van der Waals surface area contributed by atoms with Gasteiger partial charge in [-0.2, -0.15) is 0 Å². The zero-order valence-electron chi connectivity index (χ0n) is 11.9. The van der Waals surface area contributed by atoms with Crippen molar-refractivity contribution in [3.05, 3.63) is 24.0 Å². The standard InChI is InChI=1S/C14H17N3O4/c1-3-4-17(11-6-12(19)16(2)14(11)21)13(20)9-5-10(18)8-15-7-9/h5,7-8,11,18H,3-4,6H2,1-2H3. The normalized spacial score (nSPS) is 18.2. The highest BCUT2D eigenvalue weighted by molar-refractivity contribution is 6.08. The average molecular weight is 291 g/mol. The van der Waals surface area contributed by atoms with Gasteiger partial charge in [-0.25, -0.2) is 0 Å². The molecule has 1 atom stereocenters. The van der Waals surface area contributed by atoms with E-state index in [-0.39, 0.29) is 29.5 Å². The summed E-state index contributed by atoms with van der Waals surface area (Å²) in [6.45, 7) is 2.23. The van der Waals surface area contributed by atoms with E-state index >= 15 is 0 Å². The fourth-order valence-electron chi connectivity index (χ4n) is 2.33. The predicted molar refractivity (Wildman–Crippen MR) is 73.4 cm³/mol. The molecule has 0 aromatic carbocycles. The molecular formula is C14H17N3O4. The maximum absolute atomic E-state index is 12.5. The van der Waals surface area contributed by atoms with Crippen molar-refractivity contribution in [2.24, 2.45) is 0 Å². The maximum Gasteiger partial charge on any atom is 0.256 e. The Kier molecular flexibility index (Phi) is 4.21. The summed E-state index contributed by atoms with van der Waals surface area (Å²) in [6, 6.07) is 0.514. The molecule has 1 aromatic heterocycles. The van der Waals surface area contributed by atoms with Crippen LogP contribution in [0.15, 0.2) is 18.5 Å². The molecule has 2 heterocycles. The fourth-order valence-corrected chi connectivity index (χ4v) is 2.33. The summed E-state index contributed by atoms with van der Waals surface area (Å²) in [5, 5.41) is 9.41. The smallest absolute Gasteiger partial charge is 0.256 e. The molecule has 112 valence electrons. The minimum absolute atomic E-state index is 0.00663. The van der Waals surface area contributed by atoms with E-state index in [2.05, 4.69) is 4.98 Å². The first-order valence-corrected chi connectivity index (χ1v) is 6.71. The molecule has 3 amide bonds. The summed E-state index contributed by atoms with van der Waals surface area (Å²) >= 11 is 0. The number of carbonyl (C=O) groups excluding carboxylic acids is 3. The summed E-state index contributed by atoms with van der Waals surface area (Å²) in [5.41, 5.74) is 0.193. The number of likely N-dealkylation sites (N-methyl/N-ethyl adjacent to an activating group) is 1. The molecule has 1 aliphatic heterocycles. The number of aromatic nitrogens is 1. The number of amides is 3. The predicted octanol–water partition coefficient (Wildman–Crippen LogP) is 0.397. The van der Waals surface area contributed by atoms with E-state index in [9.17, 15) is 19.5 Å². The Hall–Kier alpha value is -2.44. The van der Waals surface area contributed by atoms with Gasteiger partial charge in [0.15, 0.2) is 0 Å². The van der Waals surface area contributed by atoms with Gasteiger partial charge in [0.25, 0.3) is 11.8 Å². The number of pyridine rings is 1. The first kappa shape index (κ1) is 15.0. The zero-order chi connectivity index (χ0) is 15.6. The van der Waals surface area contributed by atoms with Gasteiger partial charge in [0.2, 0.25) is 5.91 Å². The van der Waals surface area contributed by atoms with Crippen molar-refractivity contribution in [2.75, 3.05) is 13.6 Å². The van der Waals surface area contributed by atoms with E-state index in [0.717, 1.165) is 4.90 Å². The molecule has 1 aromatic rings. The lowest BCUT2D eigenvalue weighted by molar-refractivity contribution is -0.137. The lowest BCUT2D eigenvalue weighted by atomic mass is 10.1. The number of likely N-dealkylation sites (tertiary alicyclic amines) is 1. The quantitative estimate of drug-likeness (QED) is 0.811. The van der Waals surface area contributed by atoms with Crippen LogP contribution >= 0.6 is 0 Å². The summed E-state index contributed by atoms with van der Waals surface area (Å²) in [5.74, 6) is -1.22. The molecule has 1 fully saturated rings. The van der Waals surface area contributed by atoms with Gasteiger partial charge in [-0.05, 0) is 12.5 Å². The molecule has 7 nitrogen and oxygen atoms in total. The summed E-state index contributed by atoms with van der Waals surface area (Å²) in [4.78, 5) is 42.4. The number of carbonyl (C=O) groups is 3. The SMILES string of the molecule is CCCN(C(=O)c1cncc(O)c1)C1CC(=O)N(C)C1=O. The van der Waals surface area contributed by atoms with Gasteiger partial charge in [0, 0.05) is 19.8 Å². The van der Waals surface area contributed by atoms with Crippen LogP contribution in [0.3, 0.4) is 0 Å². The molecular weight excluding hydrogens is 274 g/mol. The van der Waals surface area contributed by atoms with Crippen molar-refractivity contribution in [1.29, 1.82) is 0 Å². The van der Waals surface area contributed by atoms with Crippen LogP contribution in [-0.4, -0.2) is 57.2 Å². The Balaban J connectivity index is 2.29. The highest BCUT2D eigenvalue weighted by atomic mass is 16.3. The van der Waals surface area contributed by atoms with Gasteiger partial charge in [-0.1, -0.05) is 6.92 Å². The molecule has 0 radical (unpaired) electrons. The highest BCUT2D eigenvalue weighted by Crippen LogP contribution is 2.21. The second kappa shape index (κ2) is 5.90. The minimum atomic E-state index is -0.780. The van der Waals surface area contributed by atoms with Gasteiger partial charge in [0.05, 0.1) is 18.2 Å². The van der Waals surface area contributed by atoms with Crippen LogP contribution in [0, 0.1) is 0 Å². The van der Waals surface area contributed by atoms with Crippen LogP contribution in [0.2, 0.25) is 0 Å². The number of imide groups is 1. The maximum atomic E-state index is 12.5. The van der Waals surface area contributed by atoms with Gasteiger partial charge in [0.1, 0.15) is 11.8 Å². The first-order chi connectivity index (χ1) is 9.95. The molecule has 1 N–H and O–H groups in total. The van der Waals surface area contributed by atoms with Crippen LogP contribution in [-0.2, 0) is 9.59 Å². The second-order valence-electron chi connectivity index (χ2n) is 4.94. The van der Waals surface area contributed by atoms with Crippen LogP contribution in [0.25, 0.3) is 0 Å². The van der Waals surface area contributed by atoms with Crippen molar-refractivity contribution in [3.8, 4) is 5.75 Å². The van der Waals surface area contributed by atoms with E-state index in [0.29, 0.717) is 13.0 Å². The lowest BCUT2D eigenvalue weighted by Crippen LogP contribution is -2.45. The average Bonchev–Trinajstić information content (AvgIpc) is 2.71. The van der Waals surface area contributed by atoms with Crippen molar-refractivity contribution >= 4 is 17.7 Å². The molecule has 0 bridgehead atoms. The number of hydrogen-bond acceptors (Lipinski definition) is 5. The third kappa shape index (κ3) is 2.86. The largest absolute Gasteiger partial charge is 0.506 e. The summed E-state index contributed by atoms with van der Waals surface area (Å²) < 4.78 is 0. The second-order valence-corrected chi connectivity index (χ2v) is 4.94. The van der Waals surface area contributed by atoms with Crippen LogP contribution < -0.4 is 0 Å². The fraction of sp³-hybridized carbons (Fsp3) is 0.429. The number of nitrogens with zero attached hydrogens (tertiary/aromatic N) is 3. The highest BCUT2D eigenvalue weighted by Gasteiger charge is 2.41. The number of aromatic hydroxyl groups is 1. The first-order valence-electron chi connectivity index (χ1n) is 6.71. The zero-order valence-corrected chi connectivity index (χ0v) is 11.9. The van der Waals surface area contributed by atoms with Crippen molar-refractivity contribution in [2.45, 2.75) is 25.8 Å². The molecule has 0 aliphatic carbocycles. The monoisotopic (exact) mass is 291 g/mol. The van der Waals surface area contributed by atoms with E-state index in [1.165, 1.54) is 30.4 Å². The van der Waals surface area contributed by atoms with E-state index in [1.807, 2.05) is 6.92 Å². The van der Waals surface area contributed by atoms with Gasteiger partial charge in [-0.3, -0.25) is 24.3 Å². The molecule has 2 rings (SSSR count).